The number of sulfone groups is 1. The monoisotopic (exact) mass is 424 g/mol. The highest BCUT2D eigenvalue weighted by Crippen LogP contribution is 2.28. The lowest BCUT2D eigenvalue weighted by Crippen LogP contribution is -2.20. The Bertz CT molecular complexity index is 1190. The van der Waals surface area contributed by atoms with E-state index in [0.29, 0.717) is 22.6 Å². The van der Waals surface area contributed by atoms with E-state index in [1.165, 1.54) is 12.3 Å². The summed E-state index contributed by atoms with van der Waals surface area (Å²) in [7, 11) is -3.36. The van der Waals surface area contributed by atoms with Crippen molar-refractivity contribution in [3.05, 3.63) is 78.4 Å². The van der Waals surface area contributed by atoms with Crippen LogP contribution in [-0.2, 0) is 14.6 Å². The number of nitrogens with two attached hydrogens (primary N) is 1. The van der Waals surface area contributed by atoms with Crippen LogP contribution in [0.2, 0.25) is 0 Å². The van der Waals surface area contributed by atoms with Gasteiger partial charge in [0, 0.05) is 23.1 Å². The van der Waals surface area contributed by atoms with Crippen LogP contribution in [0.3, 0.4) is 0 Å². The second kappa shape index (κ2) is 8.79. The van der Waals surface area contributed by atoms with E-state index in [9.17, 15) is 18.0 Å². The fraction of sp³-hybridized carbons (Fsp3) is 0.0909. The third-order valence-corrected chi connectivity index (χ3v) is 5.41. The molecule has 30 heavy (non-hydrogen) atoms. The van der Waals surface area contributed by atoms with Crippen molar-refractivity contribution < 1.29 is 22.7 Å². The van der Waals surface area contributed by atoms with E-state index in [1.54, 1.807) is 66.7 Å². The third kappa shape index (κ3) is 5.24. The smallest absolute Gasteiger partial charge is 0.262 e. The molecular formula is C22H20N2O5S. The Morgan fingerprint density at radius 3 is 2.33 bits per heavy atom. The molecule has 0 saturated heterocycles. The third-order valence-electron chi connectivity index (χ3n) is 4.25. The van der Waals surface area contributed by atoms with E-state index in [0.717, 1.165) is 5.56 Å². The molecule has 3 aromatic carbocycles. The molecule has 0 spiro atoms. The molecule has 2 amide bonds. The van der Waals surface area contributed by atoms with Crippen LogP contribution in [0.4, 0.5) is 5.69 Å². The number of hydrogen-bond acceptors (Lipinski definition) is 5. The zero-order chi connectivity index (χ0) is 21.7. The van der Waals surface area contributed by atoms with Crippen molar-refractivity contribution in [3.63, 3.8) is 0 Å². The van der Waals surface area contributed by atoms with Gasteiger partial charge in [0.25, 0.3) is 5.91 Å². The maximum atomic E-state index is 12.1. The van der Waals surface area contributed by atoms with Gasteiger partial charge < -0.3 is 15.8 Å². The summed E-state index contributed by atoms with van der Waals surface area (Å²) in [6.45, 7) is -0.236. The fourth-order valence-electron chi connectivity index (χ4n) is 2.86. The molecule has 0 saturated carbocycles. The van der Waals surface area contributed by atoms with Crippen molar-refractivity contribution in [3.8, 4) is 16.9 Å². The standard InChI is InChI=1S/C22H20N2O5S/c1-30(27,28)20-8-3-2-7-19(20)15-9-11-18(12-10-15)29-14-21(25)24-17-6-4-5-16(13-17)22(23)26/h2-13H,14H2,1H3,(H2,23,26)(H,24,25). The number of ether oxygens (including phenoxy) is 1. The highest BCUT2D eigenvalue weighted by atomic mass is 32.2. The van der Waals surface area contributed by atoms with Crippen molar-refractivity contribution in [1.29, 1.82) is 0 Å². The maximum Gasteiger partial charge on any atom is 0.262 e. The van der Waals surface area contributed by atoms with Crippen LogP contribution in [-0.4, -0.2) is 33.1 Å². The summed E-state index contributed by atoms with van der Waals surface area (Å²) in [4.78, 5) is 23.5. The van der Waals surface area contributed by atoms with Crippen LogP contribution in [0.1, 0.15) is 10.4 Å². The summed E-state index contributed by atoms with van der Waals surface area (Å²) in [5.41, 5.74) is 7.27. The molecular weight excluding hydrogens is 404 g/mol. The molecule has 8 heteroatoms. The number of nitrogens with one attached hydrogen (secondary N) is 1. The van der Waals surface area contributed by atoms with Crippen LogP contribution in [0.25, 0.3) is 11.1 Å². The zero-order valence-electron chi connectivity index (χ0n) is 16.2. The van der Waals surface area contributed by atoms with Crippen LogP contribution >= 0.6 is 0 Å². The first-order valence-corrected chi connectivity index (χ1v) is 10.9. The number of anilines is 1. The summed E-state index contributed by atoms with van der Waals surface area (Å²) < 4.78 is 29.5. The van der Waals surface area contributed by atoms with E-state index in [2.05, 4.69) is 5.32 Å². The molecule has 0 unspecified atom stereocenters. The summed E-state index contributed by atoms with van der Waals surface area (Å²) in [6, 6.07) is 19.8. The SMILES string of the molecule is CS(=O)(=O)c1ccccc1-c1ccc(OCC(=O)Nc2cccc(C(N)=O)c2)cc1. The lowest BCUT2D eigenvalue weighted by atomic mass is 10.1. The van der Waals surface area contributed by atoms with Crippen molar-refractivity contribution in [2.24, 2.45) is 5.73 Å². The Labute approximate surface area is 174 Å². The molecule has 7 nitrogen and oxygen atoms in total. The number of carbonyl (C=O) groups is 2. The summed E-state index contributed by atoms with van der Waals surface area (Å²) in [5.74, 6) is -0.528. The number of carbonyl (C=O) groups excluding carboxylic acids is 2. The van der Waals surface area contributed by atoms with Crippen LogP contribution in [0.5, 0.6) is 5.75 Å². The molecule has 0 aliphatic carbocycles. The highest BCUT2D eigenvalue weighted by molar-refractivity contribution is 7.90. The second-order valence-electron chi connectivity index (χ2n) is 6.57. The molecule has 0 aromatic heterocycles. The maximum absolute atomic E-state index is 12.1. The van der Waals surface area contributed by atoms with Gasteiger partial charge in [0.1, 0.15) is 5.75 Å². The van der Waals surface area contributed by atoms with Crippen molar-refractivity contribution in [2.75, 3.05) is 18.2 Å². The fourth-order valence-corrected chi connectivity index (χ4v) is 3.77. The van der Waals surface area contributed by atoms with Gasteiger partial charge >= 0.3 is 0 Å². The van der Waals surface area contributed by atoms with E-state index < -0.39 is 21.7 Å². The normalized spacial score (nSPS) is 11.0. The highest BCUT2D eigenvalue weighted by Gasteiger charge is 2.14. The average molecular weight is 424 g/mol. The van der Waals surface area contributed by atoms with E-state index >= 15 is 0 Å². The van der Waals surface area contributed by atoms with Gasteiger partial charge in [0.15, 0.2) is 16.4 Å². The molecule has 0 atom stereocenters. The number of primary amides is 1. The van der Waals surface area contributed by atoms with Gasteiger partial charge in [-0.05, 0) is 42.0 Å². The van der Waals surface area contributed by atoms with E-state index in [1.807, 2.05) is 0 Å². The molecule has 0 radical (unpaired) electrons. The van der Waals surface area contributed by atoms with Crippen LogP contribution in [0.15, 0.2) is 77.7 Å². The summed E-state index contributed by atoms with van der Waals surface area (Å²) in [5, 5.41) is 2.63. The molecule has 0 fully saturated rings. The Balaban J connectivity index is 1.65. The van der Waals surface area contributed by atoms with Gasteiger partial charge in [-0.15, -0.1) is 0 Å². The number of hydrogen-bond donors (Lipinski definition) is 2. The average Bonchev–Trinajstić information content (AvgIpc) is 2.72. The van der Waals surface area contributed by atoms with Gasteiger partial charge in [-0.2, -0.15) is 0 Å². The first kappa shape index (κ1) is 21.1. The number of benzene rings is 3. The van der Waals surface area contributed by atoms with Gasteiger partial charge in [-0.3, -0.25) is 9.59 Å². The Hall–Kier alpha value is -3.65. The van der Waals surface area contributed by atoms with E-state index in [-0.39, 0.29) is 11.5 Å². The lowest BCUT2D eigenvalue weighted by molar-refractivity contribution is -0.118. The van der Waals surface area contributed by atoms with Crippen molar-refractivity contribution in [2.45, 2.75) is 4.90 Å². The first-order chi connectivity index (χ1) is 14.2. The molecule has 3 rings (SSSR count). The van der Waals surface area contributed by atoms with Crippen LogP contribution in [0, 0.1) is 0 Å². The quantitative estimate of drug-likeness (QED) is 0.605. The van der Waals surface area contributed by atoms with Gasteiger partial charge in [0.2, 0.25) is 5.91 Å². The largest absolute Gasteiger partial charge is 0.484 e. The molecule has 3 aromatic rings. The predicted molar refractivity (Wildman–Crippen MR) is 114 cm³/mol. The Kier molecular flexibility index (Phi) is 6.17. The minimum atomic E-state index is -3.36. The first-order valence-electron chi connectivity index (χ1n) is 8.96. The molecule has 0 aliphatic rings. The summed E-state index contributed by atoms with van der Waals surface area (Å²) >= 11 is 0. The number of amides is 2. The topological polar surface area (TPSA) is 116 Å². The van der Waals surface area contributed by atoms with Gasteiger partial charge in [0.05, 0.1) is 4.90 Å². The lowest BCUT2D eigenvalue weighted by Gasteiger charge is -2.10. The molecule has 0 bridgehead atoms. The Morgan fingerprint density at radius 1 is 0.967 bits per heavy atom. The zero-order valence-corrected chi connectivity index (χ0v) is 17.0. The summed E-state index contributed by atoms with van der Waals surface area (Å²) in [6.07, 6.45) is 1.17. The number of rotatable bonds is 7. The Morgan fingerprint density at radius 2 is 1.67 bits per heavy atom. The van der Waals surface area contributed by atoms with Crippen molar-refractivity contribution in [1.82, 2.24) is 0 Å². The molecule has 3 N–H and O–H groups in total. The van der Waals surface area contributed by atoms with Gasteiger partial charge in [-0.25, -0.2) is 8.42 Å². The molecule has 0 aliphatic heterocycles. The van der Waals surface area contributed by atoms with Crippen LogP contribution < -0.4 is 15.8 Å². The minimum absolute atomic E-state index is 0.236. The second-order valence-corrected chi connectivity index (χ2v) is 8.56. The van der Waals surface area contributed by atoms with E-state index in [4.69, 9.17) is 10.5 Å². The predicted octanol–water partition coefficient (Wildman–Crippen LogP) is 2.87. The minimum Gasteiger partial charge on any atom is -0.484 e. The molecule has 154 valence electrons. The van der Waals surface area contributed by atoms with Crippen molar-refractivity contribution >= 4 is 27.3 Å². The molecule has 0 heterocycles. The van der Waals surface area contributed by atoms with Gasteiger partial charge in [-0.1, -0.05) is 36.4 Å².